The molecule has 0 aliphatic heterocycles. The molecule has 0 radical (unpaired) electrons. The van der Waals surface area contributed by atoms with Crippen LogP contribution in [0.4, 0.5) is 0 Å². The van der Waals surface area contributed by atoms with Crippen LogP contribution in [0.3, 0.4) is 0 Å². The van der Waals surface area contributed by atoms with Crippen molar-refractivity contribution in [2.75, 3.05) is 6.61 Å². The first kappa shape index (κ1) is 26.1. The van der Waals surface area contributed by atoms with Crippen LogP contribution in [-0.4, -0.2) is 23.3 Å². The van der Waals surface area contributed by atoms with E-state index >= 15 is 0 Å². The van der Waals surface area contributed by atoms with Gasteiger partial charge in [-0.1, -0.05) is 54.5 Å². The van der Waals surface area contributed by atoms with E-state index in [9.17, 15) is 14.7 Å². The normalized spacial score (nSPS) is 49.0. The van der Waals surface area contributed by atoms with Crippen molar-refractivity contribution in [2.45, 2.75) is 106 Å². The summed E-state index contributed by atoms with van der Waals surface area (Å²) in [5.74, 6) is 1.07. The maximum absolute atomic E-state index is 14.4. The third-order valence-corrected chi connectivity index (χ3v) is 13.2. The van der Waals surface area contributed by atoms with Gasteiger partial charge in [-0.2, -0.15) is 0 Å². The van der Waals surface area contributed by atoms with Crippen LogP contribution in [-0.2, 0) is 9.59 Å². The molecule has 1 N–H and O–H groups in total. The van der Waals surface area contributed by atoms with Crippen molar-refractivity contribution < 1.29 is 14.7 Å². The number of Topliss-reactive ketones (excluding diaryl/α,β-unsaturated/α-hetero) is 2. The van der Waals surface area contributed by atoms with Gasteiger partial charge in [-0.05, 0) is 96.2 Å². The summed E-state index contributed by atoms with van der Waals surface area (Å²) in [6.07, 6.45) is 10.9. The van der Waals surface area contributed by atoms with E-state index in [0.29, 0.717) is 18.1 Å². The van der Waals surface area contributed by atoms with Gasteiger partial charge in [-0.3, -0.25) is 4.79 Å². The van der Waals surface area contributed by atoms with Crippen LogP contribution >= 0.6 is 0 Å². The Balaban J connectivity index is 1.63. The lowest BCUT2D eigenvalue weighted by atomic mass is 9.31. The number of aliphatic hydroxyl groups excluding tert-OH is 1. The molecule has 0 aromatic rings. The van der Waals surface area contributed by atoms with E-state index < -0.39 is 5.41 Å². The van der Waals surface area contributed by atoms with Gasteiger partial charge in [0.15, 0.2) is 5.78 Å². The van der Waals surface area contributed by atoms with Crippen molar-refractivity contribution >= 4 is 11.6 Å². The predicted molar refractivity (Wildman–Crippen MR) is 142 cm³/mol. The van der Waals surface area contributed by atoms with Gasteiger partial charge in [0.2, 0.25) is 5.70 Å². The number of rotatable bonds is 2. The molecule has 5 rings (SSSR count). The summed E-state index contributed by atoms with van der Waals surface area (Å²) in [6.45, 7) is 23.9. The van der Waals surface area contributed by atoms with Gasteiger partial charge in [0, 0.05) is 24.4 Å². The van der Waals surface area contributed by atoms with Crippen molar-refractivity contribution in [3.63, 3.8) is 0 Å². The van der Waals surface area contributed by atoms with Crippen molar-refractivity contribution in [3.05, 3.63) is 23.2 Å². The molecule has 4 heteroatoms. The largest absolute Gasteiger partial charge is 0.396 e. The summed E-state index contributed by atoms with van der Waals surface area (Å²) in [5, 5.41) is 10.1. The lowest BCUT2D eigenvalue weighted by Crippen LogP contribution is -2.68. The van der Waals surface area contributed by atoms with Gasteiger partial charge in [-0.15, -0.1) is 0 Å². The Morgan fingerprint density at radius 2 is 1.61 bits per heavy atom. The van der Waals surface area contributed by atoms with E-state index in [2.05, 4.69) is 39.5 Å². The second-order valence-electron chi connectivity index (χ2n) is 15.5. The van der Waals surface area contributed by atoms with E-state index in [1.807, 2.05) is 19.9 Å². The molecule has 0 bridgehead atoms. The Hall–Kier alpha value is -1.47. The average molecular weight is 494 g/mol. The smallest absolute Gasteiger partial charge is 0.226 e. The maximum atomic E-state index is 14.4. The predicted octanol–water partition coefficient (Wildman–Crippen LogP) is 7.02. The summed E-state index contributed by atoms with van der Waals surface area (Å²) in [5.41, 5.74) is -0.446. The third kappa shape index (κ3) is 3.14. The molecule has 2 unspecified atom stereocenters. The molecule has 36 heavy (non-hydrogen) atoms. The van der Waals surface area contributed by atoms with Gasteiger partial charge in [0.05, 0.1) is 6.57 Å². The number of ketones is 2. The van der Waals surface area contributed by atoms with Crippen LogP contribution in [0.15, 0.2) is 11.8 Å². The molecule has 0 spiro atoms. The van der Waals surface area contributed by atoms with Crippen LogP contribution in [0, 0.1) is 62.7 Å². The minimum absolute atomic E-state index is 0.0225. The molecular weight excluding hydrogens is 446 g/mol. The molecule has 4 saturated carbocycles. The van der Waals surface area contributed by atoms with E-state index in [1.165, 1.54) is 6.42 Å². The average Bonchev–Trinajstić information content (AvgIpc) is 2.79. The molecular formula is C32H47NO3. The highest BCUT2D eigenvalue weighted by Crippen LogP contribution is 2.76. The second-order valence-corrected chi connectivity index (χ2v) is 15.5. The summed E-state index contributed by atoms with van der Waals surface area (Å²) in [6, 6.07) is 0. The van der Waals surface area contributed by atoms with Crippen molar-refractivity contribution in [1.29, 1.82) is 0 Å². The Morgan fingerprint density at radius 3 is 2.25 bits per heavy atom. The SMILES string of the molecule is [C-]#[N+]C1=C[C@]2(C)[C@H]3CC(=O)C4C5CC(C)(C)CC[C@]5(CCO)CC[C@@]4(C)[C@]3(C)CC[C@H]2C(C)(C)C1=O. The molecule has 5 aliphatic carbocycles. The summed E-state index contributed by atoms with van der Waals surface area (Å²) < 4.78 is 0. The number of carbonyl (C=O) groups excluding carboxylic acids is 2. The molecule has 4 fully saturated rings. The van der Waals surface area contributed by atoms with Crippen LogP contribution in [0.1, 0.15) is 106 Å². The standard InChI is InChI=1S/C32H47NO3/c1-27(2)11-13-32(15-16-34)14-12-31(7)25(20(32)18-27)22(35)17-24-29(5)19-21(33-8)26(36)28(3,4)23(29)9-10-30(24,31)6/h19-20,23-25,34H,9-18H2,1-7H3/t20?,23-,24+,25?,29-,30+,31+,32+/m0/s1. The van der Waals surface area contributed by atoms with Crippen molar-refractivity contribution in [3.8, 4) is 0 Å². The zero-order valence-electron chi connectivity index (χ0n) is 23.7. The first-order valence-electron chi connectivity index (χ1n) is 14.4. The summed E-state index contributed by atoms with van der Waals surface area (Å²) in [7, 11) is 0. The second kappa shape index (κ2) is 7.78. The molecule has 0 amide bonds. The molecule has 198 valence electrons. The fraction of sp³-hybridized carbons (Fsp3) is 0.844. The van der Waals surface area contributed by atoms with Gasteiger partial charge in [0.1, 0.15) is 5.78 Å². The highest BCUT2D eigenvalue weighted by atomic mass is 16.3. The van der Waals surface area contributed by atoms with E-state index in [4.69, 9.17) is 6.57 Å². The first-order chi connectivity index (χ1) is 16.6. The van der Waals surface area contributed by atoms with E-state index in [1.54, 1.807) is 0 Å². The van der Waals surface area contributed by atoms with Crippen molar-refractivity contribution in [2.24, 2.45) is 56.2 Å². The fourth-order valence-electron chi connectivity index (χ4n) is 11.0. The number of aliphatic hydroxyl groups is 1. The molecule has 8 atom stereocenters. The lowest BCUT2D eigenvalue weighted by Gasteiger charge is -2.72. The summed E-state index contributed by atoms with van der Waals surface area (Å²) >= 11 is 0. The number of nitrogens with zero attached hydrogens (tertiary/aromatic N) is 1. The van der Waals surface area contributed by atoms with E-state index in [-0.39, 0.29) is 62.9 Å². The molecule has 0 heterocycles. The minimum atomic E-state index is -0.582. The molecule has 0 aromatic carbocycles. The maximum Gasteiger partial charge on any atom is 0.226 e. The first-order valence-corrected chi connectivity index (χ1v) is 14.4. The zero-order chi connectivity index (χ0) is 26.5. The highest BCUT2D eigenvalue weighted by molar-refractivity contribution is 6.02. The number of allylic oxidation sites excluding steroid dienone is 2. The van der Waals surface area contributed by atoms with Crippen LogP contribution < -0.4 is 0 Å². The molecule has 0 saturated heterocycles. The van der Waals surface area contributed by atoms with Crippen molar-refractivity contribution in [1.82, 2.24) is 0 Å². The van der Waals surface area contributed by atoms with Crippen LogP contribution in [0.25, 0.3) is 4.85 Å². The Labute approximate surface area is 218 Å². The van der Waals surface area contributed by atoms with Gasteiger partial charge in [0.25, 0.3) is 0 Å². The van der Waals surface area contributed by atoms with Gasteiger partial charge >= 0.3 is 0 Å². The van der Waals surface area contributed by atoms with Gasteiger partial charge < -0.3 is 9.90 Å². The van der Waals surface area contributed by atoms with Gasteiger partial charge in [-0.25, -0.2) is 4.85 Å². The number of fused-ring (bicyclic) bond motifs is 7. The lowest BCUT2D eigenvalue weighted by molar-refractivity contribution is -0.224. The zero-order valence-corrected chi connectivity index (χ0v) is 23.7. The Bertz CT molecular complexity index is 1060. The highest BCUT2D eigenvalue weighted by Gasteiger charge is 2.71. The number of hydrogen-bond acceptors (Lipinski definition) is 3. The Kier molecular flexibility index (Phi) is 5.65. The van der Waals surface area contributed by atoms with Crippen LogP contribution in [0.5, 0.6) is 0 Å². The molecule has 5 aliphatic rings. The topological polar surface area (TPSA) is 58.7 Å². The number of carbonyl (C=O) groups is 2. The number of hydrogen-bond donors (Lipinski definition) is 1. The fourth-order valence-corrected chi connectivity index (χ4v) is 11.0. The third-order valence-electron chi connectivity index (χ3n) is 13.2. The quantitative estimate of drug-likeness (QED) is 0.420. The molecule has 0 aromatic heterocycles. The monoisotopic (exact) mass is 493 g/mol. The van der Waals surface area contributed by atoms with E-state index in [0.717, 1.165) is 44.9 Å². The molecule has 4 nitrogen and oxygen atoms in total. The summed E-state index contributed by atoms with van der Waals surface area (Å²) in [4.78, 5) is 31.3. The minimum Gasteiger partial charge on any atom is -0.396 e. The van der Waals surface area contributed by atoms with Crippen LogP contribution in [0.2, 0.25) is 0 Å². The Morgan fingerprint density at radius 1 is 0.944 bits per heavy atom.